The quantitative estimate of drug-likeness (QED) is 0.748. The second kappa shape index (κ2) is 7.31. The first kappa shape index (κ1) is 16.3. The SMILES string of the molecule is CC(Cn1cccn1)NC(=O)c1cnn(Cc2ccccc2Cl)c1. The van der Waals surface area contributed by atoms with Crippen LogP contribution in [0.4, 0.5) is 0 Å². The Bertz CT molecular complexity index is 812. The highest BCUT2D eigenvalue weighted by atomic mass is 35.5. The van der Waals surface area contributed by atoms with Crippen LogP contribution in [0.1, 0.15) is 22.8 Å². The molecule has 0 saturated carbocycles. The van der Waals surface area contributed by atoms with E-state index in [2.05, 4.69) is 15.5 Å². The van der Waals surface area contributed by atoms with E-state index in [1.54, 1.807) is 28.0 Å². The minimum atomic E-state index is -0.153. The zero-order chi connectivity index (χ0) is 16.9. The smallest absolute Gasteiger partial charge is 0.254 e. The minimum absolute atomic E-state index is 0.0377. The van der Waals surface area contributed by atoms with Crippen LogP contribution in [0.3, 0.4) is 0 Å². The van der Waals surface area contributed by atoms with Gasteiger partial charge in [0.25, 0.3) is 5.91 Å². The lowest BCUT2D eigenvalue weighted by atomic mass is 10.2. The first-order valence-corrected chi connectivity index (χ1v) is 8.04. The van der Waals surface area contributed by atoms with Crippen LogP contribution in [0.2, 0.25) is 5.02 Å². The molecule has 1 unspecified atom stereocenters. The number of halogens is 1. The molecule has 24 heavy (non-hydrogen) atoms. The van der Waals surface area contributed by atoms with Crippen molar-refractivity contribution in [3.8, 4) is 0 Å². The van der Waals surface area contributed by atoms with Crippen molar-refractivity contribution in [1.29, 1.82) is 0 Å². The van der Waals surface area contributed by atoms with Crippen LogP contribution in [-0.2, 0) is 13.1 Å². The highest BCUT2D eigenvalue weighted by Gasteiger charge is 2.13. The van der Waals surface area contributed by atoms with Gasteiger partial charge in [0.15, 0.2) is 0 Å². The molecular formula is C17H18ClN5O. The van der Waals surface area contributed by atoms with Crippen molar-refractivity contribution in [2.24, 2.45) is 0 Å². The second-order valence-corrected chi connectivity index (χ2v) is 6.03. The van der Waals surface area contributed by atoms with Crippen LogP contribution >= 0.6 is 11.6 Å². The van der Waals surface area contributed by atoms with Gasteiger partial charge in [0.05, 0.1) is 24.8 Å². The number of nitrogens with zero attached hydrogens (tertiary/aromatic N) is 4. The van der Waals surface area contributed by atoms with E-state index in [1.165, 1.54) is 0 Å². The average Bonchev–Trinajstić information content (AvgIpc) is 3.21. The summed E-state index contributed by atoms with van der Waals surface area (Å²) >= 11 is 6.15. The van der Waals surface area contributed by atoms with Gasteiger partial charge in [-0.3, -0.25) is 14.2 Å². The topological polar surface area (TPSA) is 64.7 Å². The molecule has 1 N–H and O–H groups in total. The van der Waals surface area contributed by atoms with Gasteiger partial charge in [-0.05, 0) is 24.6 Å². The standard InChI is InChI=1S/C17H18ClN5O/c1-13(10-22-8-4-7-19-22)21-17(24)15-9-20-23(12-15)11-14-5-2-3-6-16(14)18/h2-9,12-13H,10-11H2,1H3,(H,21,24). The third-order valence-electron chi connectivity index (χ3n) is 3.58. The molecule has 0 saturated heterocycles. The summed E-state index contributed by atoms with van der Waals surface area (Å²) in [6.45, 7) is 3.08. The number of rotatable bonds is 6. The molecule has 0 aliphatic rings. The largest absolute Gasteiger partial charge is 0.348 e. The van der Waals surface area contributed by atoms with Crippen molar-refractivity contribution in [3.63, 3.8) is 0 Å². The predicted molar refractivity (Wildman–Crippen MR) is 91.9 cm³/mol. The molecule has 0 radical (unpaired) electrons. The van der Waals surface area contributed by atoms with Crippen LogP contribution in [0.25, 0.3) is 0 Å². The van der Waals surface area contributed by atoms with Gasteiger partial charge in [0, 0.05) is 29.7 Å². The minimum Gasteiger partial charge on any atom is -0.348 e. The summed E-state index contributed by atoms with van der Waals surface area (Å²) in [7, 11) is 0. The maximum absolute atomic E-state index is 12.3. The van der Waals surface area contributed by atoms with E-state index in [-0.39, 0.29) is 11.9 Å². The number of hydrogen-bond donors (Lipinski definition) is 1. The Morgan fingerprint density at radius 1 is 1.25 bits per heavy atom. The van der Waals surface area contributed by atoms with Crippen molar-refractivity contribution < 1.29 is 4.79 Å². The molecule has 2 heterocycles. The molecule has 124 valence electrons. The third kappa shape index (κ3) is 4.02. The first-order chi connectivity index (χ1) is 11.6. The van der Waals surface area contributed by atoms with Crippen molar-refractivity contribution >= 4 is 17.5 Å². The van der Waals surface area contributed by atoms with E-state index < -0.39 is 0 Å². The van der Waals surface area contributed by atoms with Gasteiger partial charge in [0.1, 0.15) is 0 Å². The molecule has 0 spiro atoms. The van der Waals surface area contributed by atoms with E-state index in [0.717, 1.165) is 5.56 Å². The molecule has 0 bridgehead atoms. The Morgan fingerprint density at radius 3 is 2.83 bits per heavy atom. The summed E-state index contributed by atoms with van der Waals surface area (Å²) in [5.41, 5.74) is 1.48. The summed E-state index contributed by atoms with van der Waals surface area (Å²) in [4.78, 5) is 12.3. The normalized spacial score (nSPS) is 12.1. The molecule has 6 nitrogen and oxygen atoms in total. The molecule has 3 aromatic rings. The molecular weight excluding hydrogens is 326 g/mol. The van der Waals surface area contributed by atoms with Gasteiger partial charge in [-0.1, -0.05) is 29.8 Å². The van der Waals surface area contributed by atoms with E-state index in [0.29, 0.717) is 23.7 Å². The highest BCUT2D eigenvalue weighted by molar-refractivity contribution is 6.31. The van der Waals surface area contributed by atoms with Crippen LogP contribution in [0.5, 0.6) is 0 Å². The zero-order valence-corrected chi connectivity index (χ0v) is 14.0. The van der Waals surface area contributed by atoms with E-state index >= 15 is 0 Å². The second-order valence-electron chi connectivity index (χ2n) is 5.62. The fourth-order valence-electron chi connectivity index (χ4n) is 2.41. The molecule has 1 amide bonds. The van der Waals surface area contributed by atoms with E-state index in [4.69, 9.17) is 11.6 Å². The molecule has 1 atom stereocenters. The third-order valence-corrected chi connectivity index (χ3v) is 3.95. The van der Waals surface area contributed by atoms with Gasteiger partial charge in [-0.25, -0.2) is 0 Å². The fourth-order valence-corrected chi connectivity index (χ4v) is 2.61. The highest BCUT2D eigenvalue weighted by Crippen LogP contribution is 2.16. The van der Waals surface area contributed by atoms with Gasteiger partial charge in [0.2, 0.25) is 0 Å². The number of hydrogen-bond acceptors (Lipinski definition) is 3. The molecule has 3 rings (SSSR count). The Kier molecular flexibility index (Phi) is 4.96. The maximum atomic E-state index is 12.3. The monoisotopic (exact) mass is 343 g/mol. The first-order valence-electron chi connectivity index (χ1n) is 7.66. The molecule has 2 aromatic heterocycles. The number of benzene rings is 1. The number of carbonyl (C=O) groups excluding carboxylic acids is 1. The summed E-state index contributed by atoms with van der Waals surface area (Å²) in [6.07, 6.45) is 6.86. The Balaban J connectivity index is 1.60. The lowest BCUT2D eigenvalue weighted by Gasteiger charge is -2.13. The zero-order valence-electron chi connectivity index (χ0n) is 13.3. The lowest BCUT2D eigenvalue weighted by molar-refractivity contribution is 0.0936. The number of nitrogens with one attached hydrogen (secondary N) is 1. The van der Waals surface area contributed by atoms with Crippen molar-refractivity contribution in [2.45, 2.75) is 26.1 Å². The predicted octanol–water partition coefficient (Wildman–Crippen LogP) is 2.60. The van der Waals surface area contributed by atoms with Gasteiger partial charge in [-0.2, -0.15) is 10.2 Å². The number of aromatic nitrogens is 4. The van der Waals surface area contributed by atoms with Crippen LogP contribution < -0.4 is 5.32 Å². The van der Waals surface area contributed by atoms with Gasteiger partial charge in [-0.15, -0.1) is 0 Å². The number of amides is 1. The van der Waals surface area contributed by atoms with Gasteiger partial charge >= 0.3 is 0 Å². The maximum Gasteiger partial charge on any atom is 0.254 e. The summed E-state index contributed by atoms with van der Waals surface area (Å²) in [6, 6.07) is 9.41. The van der Waals surface area contributed by atoms with Gasteiger partial charge < -0.3 is 5.32 Å². The summed E-state index contributed by atoms with van der Waals surface area (Å²) in [5, 5.41) is 12.0. The van der Waals surface area contributed by atoms with Crippen molar-refractivity contribution in [2.75, 3.05) is 0 Å². The van der Waals surface area contributed by atoms with Crippen LogP contribution in [0.15, 0.2) is 55.1 Å². The van der Waals surface area contributed by atoms with Crippen LogP contribution in [0, 0.1) is 0 Å². The van der Waals surface area contributed by atoms with E-state index in [9.17, 15) is 4.79 Å². The fraction of sp³-hybridized carbons (Fsp3) is 0.235. The Labute approximate surface area is 145 Å². The molecule has 7 heteroatoms. The molecule has 0 aliphatic heterocycles. The van der Waals surface area contributed by atoms with E-state index in [1.807, 2.05) is 43.5 Å². The van der Waals surface area contributed by atoms with Crippen molar-refractivity contribution in [3.05, 3.63) is 71.3 Å². The average molecular weight is 344 g/mol. The number of carbonyl (C=O) groups is 1. The van der Waals surface area contributed by atoms with Crippen LogP contribution in [-0.4, -0.2) is 31.5 Å². The summed E-state index contributed by atoms with van der Waals surface area (Å²) < 4.78 is 3.49. The Morgan fingerprint density at radius 2 is 2.08 bits per heavy atom. The molecule has 0 fully saturated rings. The lowest BCUT2D eigenvalue weighted by Crippen LogP contribution is -2.35. The molecule has 0 aliphatic carbocycles. The van der Waals surface area contributed by atoms with Crippen molar-refractivity contribution in [1.82, 2.24) is 24.9 Å². The summed E-state index contributed by atoms with van der Waals surface area (Å²) in [5.74, 6) is -0.153. The Hall–Kier alpha value is -2.60. The molecule has 1 aromatic carbocycles.